The first-order valence-corrected chi connectivity index (χ1v) is 14.0. The fraction of sp³-hybridized carbons (Fsp3) is 0. The topological polar surface area (TPSA) is 22.8 Å². The predicted molar refractivity (Wildman–Crippen MR) is 166 cm³/mol. The van der Waals surface area contributed by atoms with Gasteiger partial charge in [-0.05, 0) is 42.5 Å². The van der Waals surface area contributed by atoms with E-state index in [0.717, 1.165) is 5.69 Å². The third-order valence-electron chi connectivity index (χ3n) is 7.98. The zero-order valence-electron chi connectivity index (χ0n) is 20.9. The van der Waals surface area contributed by atoms with Gasteiger partial charge in [-0.3, -0.25) is 4.98 Å². The molecule has 0 unspecified atom stereocenters. The highest BCUT2D eigenvalue weighted by molar-refractivity contribution is 7.27. The molecule has 0 radical (unpaired) electrons. The Morgan fingerprint density at radius 3 is 1.72 bits per heavy atom. The molecule has 0 bridgehead atoms. The summed E-state index contributed by atoms with van der Waals surface area (Å²) in [7, 11) is 0. The van der Waals surface area contributed by atoms with Crippen LogP contribution >= 0.6 is 11.3 Å². The summed E-state index contributed by atoms with van der Waals surface area (Å²) in [5.41, 5.74) is 7.28. The summed E-state index contributed by atoms with van der Waals surface area (Å²) < 4.78 is 7.53. The number of hydrogen-bond acceptors (Lipinski definition) is 2. The summed E-state index contributed by atoms with van der Waals surface area (Å²) in [6.45, 7) is 0. The van der Waals surface area contributed by atoms with Crippen molar-refractivity contribution in [2.24, 2.45) is 0 Å². The molecule has 0 amide bonds. The van der Waals surface area contributed by atoms with Crippen LogP contribution in [0.1, 0.15) is 0 Å². The Kier molecular flexibility index (Phi) is 4.21. The number of thiophene rings is 1. The minimum absolute atomic E-state index is 1.13. The molecule has 0 N–H and O–H groups in total. The van der Waals surface area contributed by atoms with Crippen LogP contribution in [-0.4, -0.2) is 14.1 Å². The lowest BCUT2D eigenvalue weighted by Crippen LogP contribution is -1.95. The molecule has 0 aliphatic rings. The molecule has 0 atom stereocenters. The summed E-state index contributed by atoms with van der Waals surface area (Å²) in [6, 6.07) is 41.6. The van der Waals surface area contributed by atoms with Gasteiger partial charge in [0.2, 0.25) is 0 Å². The second-order valence-corrected chi connectivity index (χ2v) is 11.0. The lowest BCUT2D eigenvalue weighted by Gasteiger charge is -2.11. The van der Waals surface area contributed by atoms with Gasteiger partial charge in [-0.2, -0.15) is 0 Å². The number of aromatic nitrogens is 3. The fourth-order valence-electron chi connectivity index (χ4n) is 6.49. The number of pyridine rings is 1. The van der Waals surface area contributed by atoms with Crippen LogP contribution in [0.4, 0.5) is 0 Å². The van der Waals surface area contributed by atoms with Crippen molar-refractivity contribution in [2.75, 3.05) is 0 Å². The molecule has 4 heteroatoms. The number of para-hydroxylation sites is 3. The van der Waals surface area contributed by atoms with E-state index in [2.05, 4.69) is 129 Å². The smallest absolute Gasteiger partial charge is 0.0727 e. The molecule has 4 heterocycles. The van der Waals surface area contributed by atoms with Crippen LogP contribution in [0.3, 0.4) is 0 Å². The minimum atomic E-state index is 1.13. The lowest BCUT2D eigenvalue weighted by atomic mass is 10.0. The maximum Gasteiger partial charge on any atom is 0.0727 e. The van der Waals surface area contributed by atoms with Gasteiger partial charge >= 0.3 is 0 Å². The van der Waals surface area contributed by atoms with Crippen molar-refractivity contribution in [2.45, 2.75) is 0 Å². The number of rotatable bonds is 2. The van der Waals surface area contributed by atoms with Crippen LogP contribution in [0.5, 0.6) is 0 Å². The lowest BCUT2D eigenvalue weighted by molar-refractivity contribution is 1.16. The van der Waals surface area contributed by atoms with Crippen LogP contribution in [0, 0.1) is 0 Å². The van der Waals surface area contributed by atoms with Gasteiger partial charge in [-0.25, -0.2) is 0 Å². The van der Waals surface area contributed by atoms with Crippen LogP contribution in [-0.2, 0) is 0 Å². The van der Waals surface area contributed by atoms with Gasteiger partial charge in [0.05, 0.1) is 26.8 Å². The molecule has 0 saturated carbocycles. The molecule has 182 valence electrons. The standard InChI is InChI=1S/C35H21N3S/c1-2-10-22(11-3-1)37-27-15-7-4-12-24(27)30-31-25-13-5-8-16-28(25)38(23-18-20-36-21-19-23)34(31)35-32(33(30)37)26-14-6-9-17-29(26)39-35/h1-21H. The number of hydrogen-bond donors (Lipinski definition) is 0. The van der Waals surface area contributed by atoms with Gasteiger partial charge in [0.25, 0.3) is 0 Å². The Morgan fingerprint density at radius 1 is 0.462 bits per heavy atom. The van der Waals surface area contributed by atoms with E-state index in [1.807, 2.05) is 23.7 Å². The molecule has 5 aromatic carbocycles. The summed E-state index contributed by atoms with van der Waals surface area (Å²) in [5.74, 6) is 0. The van der Waals surface area contributed by atoms with Gasteiger partial charge in [0.15, 0.2) is 0 Å². The van der Waals surface area contributed by atoms with E-state index in [1.54, 1.807) is 0 Å². The van der Waals surface area contributed by atoms with Gasteiger partial charge in [0.1, 0.15) is 0 Å². The van der Waals surface area contributed by atoms with Crippen LogP contribution in [0.25, 0.3) is 75.2 Å². The molecular formula is C35H21N3S. The molecular weight excluding hydrogens is 494 g/mol. The molecule has 0 fully saturated rings. The molecule has 3 nitrogen and oxygen atoms in total. The van der Waals surface area contributed by atoms with Crippen molar-refractivity contribution >= 4 is 75.1 Å². The third-order valence-corrected chi connectivity index (χ3v) is 9.16. The molecule has 4 aromatic heterocycles. The molecule has 0 aliphatic carbocycles. The SMILES string of the molecule is c1ccc(-n2c3ccccc3c3c4c5ccccc5n(-c5ccncc5)c4c4sc5ccccc5c4c32)cc1. The highest BCUT2D eigenvalue weighted by Crippen LogP contribution is 2.50. The van der Waals surface area contributed by atoms with Crippen molar-refractivity contribution in [1.82, 2.24) is 14.1 Å². The minimum Gasteiger partial charge on any atom is -0.309 e. The molecule has 0 spiro atoms. The van der Waals surface area contributed by atoms with Crippen molar-refractivity contribution in [3.8, 4) is 11.4 Å². The Balaban J connectivity index is 1.69. The average molecular weight is 516 g/mol. The first-order valence-electron chi connectivity index (χ1n) is 13.2. The summed E-state index contributed by atoms with van der Waals surface area (Å²) in [6.07, 6.45) is 3.77. The zero-order valence-corrected chi connectivity index (χ0v) is 21.7. The Bertz CT molecular complexity index is 2370. The summed E-state index contributed by atoms with van der Waals surface area (Å²) >= 11 is 1.89. The van der Waals surface area contributed by atoms with E-state index < -0.39 is 0 Å². The predicted octanol–water partition coefficient (Wildman–Crippen LogP) is 9.64. The van der Waals surface area contributed by atoms with E-state index in [1.165, 1.54) is 69.5 Å². The highest BCUT2D eigenvalue weighted by atomic mass is 32.1. The summed E-state index contributed by atoms with van der Waals surface area (Å²) in [5, 5.41) is 7.78. The van der Waals surface area contributed by atoms with E-state index in [4.69, 9.17) is 0 Å². The van der Waals surface area contributed by atoms with E-state index in [9.17, 15) is 0 Å². The number of benzene rings is 5. The molecule has 9 rings (SSSR count). The largest absolute Gasteiger partial charge is 0.309 e. The Hall–Kier alpha value is -4.93. The van der Waals surface area contributed by atoms with Gasteiger partial charge < -0.3 is 9.13 Å². The molecule has 9 aromatic rings. The second kappa shape index (κ2) is 7.79. The van der Waals surface area contributed by atoms with E-state index >= 15 is 0 Å². The number of nitrogens with zero attached hydrogens (tertiary/aromatic N) is 3. The average Bonchev–Trinajstić information content (AvgIpc) is 3.66. The van der Waals surface area contributed by atoms with Crippen LogP contribution < -0.4 is 0 Å². The van der Waals surface area contributed by atoms with E-state index in [0.29, 0.717) is 0 Å². The van der Waals surface area contributed by atoms with Crippen molar-refractivity contribution < 1.29 is 0 Å². The zero-order chi connectivity index (χ0) is 25.5. The first kappa shape index (κ1) is 21.1. The Morgan fingerprint density at radius 2 is 1.00 bits per heavy atom. The van der Waals surface area contributed by atoms with Crippen LogP contribution in [0.2, 0.25) is 0 Å². The van der Waals surface area contributed by atoms with E-state index in [-0.39, 0.29) is 0 Å². The fourth-order valence-corrected chi connectivity index (χ4v) is 7.74. The second-order valence-electron chi connectivity index (χ2n) is 10.00. The summed E-state index contributed by atoms with van der Waals surface area (Å²) in [4.78, 5) is 4.33. The maximum atomic E-state index is 4.33. The monoisotopic (exact) mass is 515 g/mol. The molecule has 39 heavy (non-hydrogen) atoms. The maximum absolute atomic E-state index is 4.33. The van der Waals surface area contributed by atoms with Crippen LogP contribution in [0.15, 0.2) is 128 Å². The van der Waals surface area contributed by atoms with Gasteiger partial charge in [0, 0.05) is 60.8 Å². The normalized spacial score (nSPS) is 12.1. The third kappa shape index (κ3) is 2.73. The molecule has 0 saturated heterocycles. The Labute approximate surface area is 227 Å². The highest BCUT2D eigenvalue weighted by Gasteiger charge is 2.26. The van der Waals surface area contributed by atoms with Gasteiger partial charge in [-0.15, -0.1) is 11.3 Å². The van der Waals surface area contributed by atoms with Gasteiger partial charge in [-0.1, -0.05) is 72.8 Å². The molecule has 0 aliphatic heterocycles. The number of fused-ring (bicyclic) bond motifs is 12. The van der Waals surface area contributed by atoms with Crippen molar-refractivity contribution in [1.29, 1.82) is 0 Å². The quantitative estimate of drug-likeness (QED) is 0.225. The first-order chi connectivity index (χ1) is 19.4. The van der Waals surface area contributed by atoms with Crippen molar-refractivity contribution in [3.05, 3.63) is 128 Å². The van der Waals surface area contributed by atoms with Crippen molar-refractivity contribution in [3.63, 3.8) is 0 Å².